The van der Waals surface area contributed by atoms with Crippen LogP contribution < -0.4 is 0 Å². The van der Waals surface area contributed by atoms with Crippen molar-refractivity contribution in [3.05, 3.63) is 0 Å². The third kappa shape index (κ3) is 3.56. The summed E-state index contributed by atoms with van der Waals surface area (Å²) in [7, 11) is 4.80. The van der Waals surface area contributed by atoms with Crippen molar-refractivity contribution < 1.29 is 9.05 Å². The van der Waals surface area contributed by atoms with E-state index in [0.29, 0.717) is 5.25 Å². The van der Waals surface area contributed by atoms with Crippen LogP contribution in [0.3, 0.4) is 0 Å². The molecule has 3 unspecified atom stereocenters. The second-order valence-electron chi connectivity index (χ2n) is 5.45. The predicted molar refractivity (Wildman–Crippen MR) is 82.9 cm³/mol. The minimum atomic E-state index is -0.866. The average molecular weight is 309 g/mol. The monoisotopic (exact) mass is 309 g/mol. The summed E-state index contributed by atoms with van der Waals surface area (Å²) < 4.78 is 14.6. The Morgan fingerprint density at radius 2 is 1.89 bits per heavy atom. The Hall–Kier alpha value is 1.01. The SMILES string of the molecule is COP(OC1C(C)SSC1(C)C)N1CCCCC1. The summed E-state index contributed by atoms with van der Waals surface area (Å²) in [4.78, 5) is 0. The van der Waals surface area contributed by atoms with Gasteiger partial charge in [0.15, 0.2) is 0 Å². The largest absolute Gasteiger partial charge is 0.325 e. The quantitative estimate of drug-likeness (QED) is 0.569. The van der Waals surface area contributed by atoms with Crippen molar-refractivity contribution in [2.24, 2.45) is 0 Å². The van der Waals surface area contributed by atoms with E-state index < -0.39 is 8.53 Å². The van der Waals surface area contributed by atoms with Gasteiger partial charge in [-0.05, 0) is 33.6 Å². The van der Waals surface area contributed by atoms with E-state index in [1.54, 1.807) is 7.11 Å². The van der Waals surface area contributed by atoms with Gasteiger partial charge >= 0.3 is 0 Å². The van der Waals surface area contributed by atoms with Gasteiger partial charge < -0.3 is 9.05 Å². The Labute approximate surface area is 120 Å². The highest BCUT2D eigenvalue weighted by molar-refractivity contribution is 8.77. The highest BCUT2D eigenvalue weighted by atomic mass is 33.1. The Balaban J connectivity index is 1.96. The van der Waals surface area contributed by atoms with Gasteiger partial charge in [-0.2, -0.15) is 0 Å². The normalized spacial score (nSPS) is 34.7. The highest BCUT2D eigenvalue weighted by Gasteiger charge is 2.45. The predicted octanol–water partition coefficient (Wildman–Crippen LogP) is 4.29. The van der Waals surface area contributed by atoms with Crippen LogP contribution in [0.4, 0.5) is 0 Å². The Kier molecular flexibility index (Phi) is 5.68. The zero-order chi connectivity index (χ0) is 13.2. The van der Waals surface area contributed by atoms with E-state index in [4.69, 9.17) is 9.05 Å². The molecular formula is C12H24NO2PS2. The lowest BCUT2D eigenvalue weighted by molar-refractivity contribution is 0.137. The van der Waals surface area contributed by atoms with Gasteiger partial charge in [0.2, 0.25) is 0 Å². The summed E-state index contributed by atoms with van der Waals surface area (Å²) in [6.45, 7) is 9.07. The first-order valence-electron chi connectivity index (χ1n) is 6.65. The van der Waals surface area contributed by atoms with Crippen molar-refractivity contribution in [1.82, 2.24) is 4.67 Å². The fraction of sp³-hybridized carbons (Fsp3) is 1.00. The molecule has 6 heteroatoms. The maximum atomic E-state index is 6.35. The molecule has 2 heterocycles. The maximum Gasteiger partial charge on any atom is 0.258 e. The van der Waals surface area contributed by atoms with Crippen LogP contribution in [-0.2, 0) is 9.05 Å². The molecular weight excluding hydrogens is 285 g/mol. The minimum absolute atomic E-state index is 0.180. The van der Waals surface area contributed by atoms with E-state index in [9.17, 15) is 0 Å². The smallest absolute Gasteiger partial charge is 0.258 e. The lowest BCUT2D eigenvalue weighted by Gasteiger charge is -2.36. The van der Waals surface area contributed by atoms with Crippen LogP contribution in [0, 0.1) is 0 Å². The van der Waals surface area contributed by atoms with Crippen molar-refractivity contribution >= 4 is 30.1 Å². The number of piperidine rings is 1. The summed E-state index contributed by atoms with van der Waals surface area (Å²) in [6, 6.07) is 0. The molecule has 2 aliphatic rings. The molecule has 0 radical (unpaired) electrons. The maximum absolute atomic E-state index is 6.35. The molecule has 0 aromatic carbocycles. The summed E-state index contributed by atoms with van der Waals surface area (Å²) >= 11 is 0. The fourth-order valence-corrected chi connectivity index (χ4v) is 7.41. The third-order valence-electron chi connectivity index (χ3n) is 3.45. The van der Waals surface area contributed by atoms with E-state index in [1.165, 1.54) is 19.3 Å². The van der Waals surface area contributed by atoms with Crippen LogP contribution in [0.5, 0.6) is 0 Å². The highest BCUT2D eigenvalue weighted by Crippen LogP contribution is 2.57. The van der Waals surface area contributed by atoms with Gasteiger partial charge in [0.05, 0.1) is 6.10 Å². The second-order valence-corrected chi connectivity index (χ2v) is 10.3. The molecule has 0 saturated carbocycles. The molecule has 0 bridgehead atoms. The molecule has 0 aliphatic carbocycles. The second kappa shape index (κ2) is 6.64. The van der Waals surface area contributed by atoms with Crippen LogP contribution in [0.15, 0.2) is 0 Å². The number of hydrogen-bond donors (Lipinski definition) is 0. The third-order valence-corrected chi connectivity index (χ3v) is 8.83. The van der Waals surface area contributed by atoms with Gasteiger partial charge in [-0.3, -0.25) is 0 Å². The van der Waals surface area contributed by atoms with Gasteiger partial charge in [-0.15, -0.1) is 0 Å². The lowest BCUT2D eigenvalue weighted by atomic mass is 10.0. The molecule has 3 nitrogen and oxygen atoms in total. The number of hydrogen-bond acceptors (Lipinski definition) is 5. The van der Waals surface area contributed by atoms with E-state index in [1.807, 2.05) is 21.6 Å². The molecule has 2 rings (SSSR count). The standard InChI is InChI=1S/C12H24NO2PS2/c1-10-11(12(2,3)18-17-10)15-16(14-4)13-8-6-5-7-9-13/h10-11H,5-9H2,1-4H3. The van der Waals surface area contributed by atoms with Crippen LogP contribution >= 0.6 is 30.1 Å². The van der Waals surface area contributed by atoms with Crippen LogP contribution in [0.1, 0.15) is 40.0 Å². The van der Waals surface area contributed by atoms with Crippen LogP contribution in [0.2, 0.25) is 0 Å². The Morgan fingerprint density at radius 3 is 2.39 bits per heavy atom. The number of rotatable bonds is 4. The molecule has 2 fully saturated rings. The first-order valence-corrected chi connectivity index (χ1v) is 9.99. The summed E-state index contributed by atoms with van der Waals surface area (Å²) in [5.74, 6) is 0. The van der Waals surface area contributed by atoms with Crippen molar-refractivity contribution in [1.29, 1.82) is 0 Å². The Bertz CT molecular complexity index is 275. The van der Waals surface area contributed by atoms with Crippen LogP contribution in [0.25, 0.3) is 0 Å². The van der Waals surface area contributed by atoms with E-state index in [2.05, 4.69) is 25.4 Å². The average Bonchev–Trinajstić information content (AvgIpc) is 2.62. The van der Waals surface area contributed by atoms with Gasteiger partial charge in [0.25, 0.3) is 8.53 Å². The van der Waals surface area contributed by atoms with Gasteiger partial charge in [-0.1, -0.05) is 28.0 Å². The van der Waals surface area contributed by atoms with Crippen molar-refractivity contribution in [2.45, 2.75) is 56.1 Å². The lowest BCUT2D eigenvalue weighted by Crippen LogP contribution is -2.37. The van der Waals surface area contributed by atoms with Gasteiger partial charge in [-0.25, -0.2) is 4.67 Å². The zero-order valence-electron chi connectivity index (χ0n) is 11.7. The van der Waals surface area contributed by atoms with Crippen LogP contribution in [-0.4, -0.2) is 41.0 Å². The first-order chi connectivity index (χ1) is 8.54. The fourth-order valence-electron chi connectivity index (χ4n) is 2.44. The topological polar surface area (TPSA) is 21.7 Å². The summed E-state index contributed by atoms with van der Waals surface area (Å²) in [6.07, 6.45) is 4.18. The van der Waals surface area contributed by atoms with Crippen molar-refractivity contribution in [3.63, 3.8) is 0 Å². The number of nitrogens with zero attached hydrogens (tertiary/aromatic N) is 1. The van der Waals surface area contributed by atoms with Crippen molar-refractivity contribution in [3.8, 4) is 0 Å². The molecule has 18 heavy (non-hydrogen) atoms. The molecule has 0 N–H and O–H groups in total. The van der Waals surface area contributed by atoms with Gasteiger partial charge in [0.1, 0.15) is 0 Å². The molecule has 0 amide bonds. The summed E-state index contributed by atoms with van der Waals surface area (Å²) in [5, 5.41) is 0.537. The molecule has 0 aromatic heterocycles. The van der Waals surface area contributed by atoms with E-state index in [-0.39, 0.29) is 10.9 Å². The molecule has 3 atom stereocenters. The van der Waals surface area contributed by atoms with Crippen molar-refractivity contribution in [2.75, 3.05) is 20.2 Å². The summed E-state index contributed by atoms with van der Waals surface area (Å²) in [5.41, 5.74) is 0. The molecule has 0 aromatic rings. The molecule has 2 saturated heterocycles. The molecule has 2 aliphatic heterocycles. The van der Waals surface area contributed by atoms with E-state index in [0.717, 1.165) is 13.1 Å². The first kappa shape index (κ1) is 15.4. The van der Waals surface area contributed by atoms with Gasteiger partial charge in [0, 0.05) is 30.2 Å². The molecule has 106 valence electrons. The Morgan fingerprint density at radius 1 is 1.22 bits per heavy atom. The zero-order valence-corrected chi connectivity index (χ0v) is 14.2. The molecule has 0 spiro atoms. The van der Waals surface area contributed by atoms with E-state index >= 15 is 0 Å². The minimum Gasteiger partial charge on any atom is -0.325 e.